The maximum absolute atomic E-state index is 13.2. The zero-order valence-electron chi connectivity index (χ0n) is 19.6. The van der Waals surface area contributed by atoms with E-state index in [1.54, 1.807) is 22.6 Å². The van der Waals surface area contributed by atoms with Crippen molar-refractivity contribution in [2.75, 3.05) is 12.0 Å². The Morgan fingerprint density at radius 1 is 1.08 bits per heavy atom. The Morgan fingerprint density at radius 3 is 2.41 bits per heavy atom. The van der Waals surface area contributed by atoms with Crippen LogP contribution in [0.4, 0.5) is 16.2 Å². The van der Waals surface area contributed by atoms with Gasteiger partial charge in [-0.1, -0.05) is 17.7 Å². The standard InChI is InChI=1S/C24H15ClIN3O9S/c1-37-20-11-13(10-19(26)21(20)38-39(35,36)17-7-5-14(25)6-8-17)9-18-22(30)27-24(32)28(23(18)31)15-3-2-4-16(12-15)29(33)34/h2-12H,1H3,(H,27,30,32)/b18-9+. The number of urea groups is 1. The minimum absolute atomic E-state index is 0.0263. The normalized spacial score (nSPS) is 14.8. The number of nitro groups is 1. The molecule has 0 atom stereocenters. The lowest BCUT2D eigenvalue weighted by Crippen LogP contribution is -2.54. The summed E-state index contributed by atoms with van der Waals surface area (Å²) in [5.41, 5.74) is -0.701. The third-order valence-electron chi connectivity index (χ3n) is 5.26. The van der Waals surface area contributed by atoms with Gasteiger partial charge in [0.05, 0.1) is 21.3 Å². The molecule has 1 aliphatic heterocycles. The van der Waals surface area contributed by atoms with Gasteiger partial charge in [0.1, 0.15) is 10.5 Å². The number of ether oxygens (including phenoxy) is 1. The highest BCUT2D eigenvalue weighted by atomic mass is 127. The van der Waals surface area contributed by atoms with Gasteiger partial charge in [-0.15, -0.1) is 0 Å². The zero-order chi connectivity index (χ0) is 28.5. The highest BCUT2D eigenvalue weighted by Gasteiger charge is 2.37. The number of hydrogen-bond donors (Lipinski definition) is 1. The number of carbonyl (C=O) groups is 3. The predicted molar refractivity (Wildman–Crippen MR) is 147 cm³/mol. The maximum Gasteiger partial charge on any atom is 0.339 e. The highest BCUT2D eigenvalue weighted by Crippen LogP contribution is 2.37. The van der Waals surface area contributed by atoms with Crippen molar-refractivity contribution in [3.05, 3.63) is 90.5 Å². The molecule has 1 heterocycles. The Balaban J connectivity index is 1.70. The molecule has 0 spiro atoms. The van der Waals surface area contributed by atoms with Crippen molar-refractivity contribution >= 4 is 79.6 Å². The molecular weight excluding hydrogens is 669 g/mol. The van der Waals surface area contributed by atoms with Gasteiger partial charge in [0.25, 0.3) is 17.5 Å². The number of nitro benzene ring substituents is 1. The Morgan fingerprint density at radius 2 is 1.77 bits per heavy atom. The molecular formula is C24H15ClIN3O9S. The quantitative estimate of drug-likeness (QED) is 0.0956. The van der Waals surface area contributed by atoms with E-state index in [2.05, 4.69) is 0 Å². The van der Waals surface area contributed by atoms with Gasteiger partial charge in [-0.25, -0.2) is 9.69 Å². The van der Waals surface area contributed by atoms with E-state index in [9.17, 15) is 32.9 Å². The van der Waals surface area contributed by atoms with Crippen molar-refractivity contribution in [3.8, 4) is 11.5 Å². The fourth-order valence-corrected chi connectivity index (χ4v) is 5.44. The van der Waals surface area contributed by atoms with Crippen LogP contribution in [0.1, 0.15) is 5.56 Å². The van der Waals surface area contributed by atoms with Crippen LogP contribution in [-0.2, 0) is 19.7 Å². The van der Waals surface area contributed by atoms with Crippen molar-refractivity contribution in [1.29, 1.82) is 0 Å². The molecule has 12 nitrogen and oxygen atoms in total. The SMILES string of the molecule is COc1cc(/C=C2\C(=O)NC(=O)N(c3cccc([N+](=O)[O-])c3)C2=O)cc(I)c1OS(=O)(=O)c1ccc(Cl)cc1. The molecule has 1 fully saturated rings. The summed E-state index contributed by atoms with van der Waals surface area (Å²) in [7, 11) is -3.00. The first-order valence-electron chi connectivity index (χ1n) is 10.6. The first-order valence-corrected chi connectivity index (χ1v) is 13.5. The van der Waals surface area contributed by atoms with E-state index in [4.69, 9.17) is 20.5 Å². The van der Waals surface area contributed by atoms with Gasteiger partial charge >= 0.3 is 16.1 Å². The molecule has 3 aromatic rings. The molecule has 3 aromatic carbocycles. The second-order valence-electron chi connectivity index (χ2n) is 7.76. The van der Waals surface area contributed by atoms with Crippen LogP contribution >= 0.6 is 34.2 Å². The lowest BCUT2D eigenvalue weighted by Gasteiger charge is -2.26. The molecule has 200 valence electrons. The average Bonchev–Trinajstić information content (AvgIpc) is 2.88. The summed E-state index contributed by atoms with van der Waals surface area (Å²) >= 11 is 7.62. The first kappa shape index (κ1) is 28.0. The van der Waals surface area contributed by atoms with Crippen LogP contribution < -0.4 is 19.1 Å². The van der Waals surface area contributed by atoms with Crippen molar-refractivity contribution in [2.45, 2.75) is 4.90 Å². The molecule has 4 amide bonds. The van der Waals surface area contributed by atoms with E-state index in [0.29, 0.717) is 9.92 Å². The Kier molecular flexibility index (Phi) is 7.89. The molecule has 15 heteroatoms. The number of carbonyl (C=O) groups excluding carboxylic acids is 3. The largest absolute Gasteiger partial charge is 0.493 e. The Labute approximate surface area is 239 Å². The molecule has 39 heavy (non-hydrogen) atoms. The van der Waals surface area contributed by atoms with Crippen molar-refractivity contribution in [3.63, 3.8) is 0 Å². The second-order valence-corrected chi connectivity index (χ2v) is 10.9. The fraction of sp³-hybridized carbons (Fsp3) is 0.0417. The number of halogens is 2. The van der Waals surface area contributed by atoms with Crippen molar-refractivity contribution in [1.82, 2.24) is 5.32 Å². The first-order chi connectivity index (χ1) is 18.4. The number of anilines is 1. The van der Waals surface area contributed by atoms with Gasteiger partial charge < -0.3 is 8.92 Å². The second kappa shape index (κ2) is 11.0. The van der Waals surface area contributed by atoms with Crippen molar-refractivity contribution in [2.24, 2.45) is 0 Å². The van der Waals surface area contributed by atoms with E-state index in [0.717, 1.165) is 12.1 Å². The van der Waals surface area contributed by atoms with Gasteiger partial charge in [-0.3, -0.25) is 25.0 Å². The third kappa shape index (κ3) is 5.86. The van der Waals surface area contributed by atoms with E-state index >= 15 is 0 Å². The summed E-state index contributed by atoms with van der Waals surface area (Å²) in [5, 5.41) is 13.5. The number of hydrogen-bond acceptors (Lipinski definition) is 9. The maximum atomic E-state index is 13.2. The van der Waals surface area contributed by atoms with Crippen LogP contribution in [0, 0.1) is 13.7 Å². The zero-order valence-corrected chi connectivity index (χ0v) is 23.3. The number of amides is 4. The number of nitrogens with zero attached hydrogens (tertiary/aromatic N) is 2. The summed E-state index contributed by atoms with van der Waals surface area (Å²) in [6, 6.07) is 11.8. The van der Waals surface area contributed by atoms with E-state index < -0.39 is 38.5 Å². The van der Waals surface area contributed by atoms with Gasteiger partial charge in [-0.2, -0.15) is 8.42 Å². The van der Waals surface area contributed by atoms with Crippen LogP contribution in [0.25, 0.3) is 6.08 Å². The summed E-state index contributed by atoms with van der Waals surface area (Å²) < 4.78 is 36.4. The van der Waals surface area contributed by atoms with Gasteiger partial charge in [0.2, 0.25) is 0 Å². The molecule has 1 N–H and O–H groups in total. The molecule has 0 radical (unpaired) electrons. The molecule has 0 unspecified atom stereocenters. The summed E-state index contributed by atoms with van der Waals surface area (Å²) in [4.78, 5) is 49.0. The monoisotopic (exact) mass is 683 g/mol. The average molecular weight is 684 g/mol. The highest BCUT2D eigenvalue weighted by molar-refractivity contribution is 14.1. The van der Waals surface area contributed by atoms with Crippen LogP contribution in [0.2, 0.25) is 5.02 Å². The van der Waals surface area contributed by atoms with E-state index in [-0.39, 0.29) is 36.9 Å². The number of methoxy groups -OCH3 is 1. The van der Waals surface area contributed by atoms with Gasteiger partial charge in [0, 0.05) is 17.2 Å². The molecule has 1 saturated heterocycles. The number of imide groups is 2. The summed E-state index contributed by atoms with van der Waals surface area (Å²) in [6.07, 6.45) is 1.16. The Hall–Kier alpha value is -4.02. The minimum atomic E-state index is -4.27. The third-order valence-corrected chi connectivity index (χ3v) is 7.55. The Bertz CT molecular complexity index is 1670. The summed E-state index contributed by atoms with van der Waals surface area (Å²) in [5.74, 6) is -2.18. The number of non-ortho nitro benzene ring substituents is 1. The fourth-order valence-electron chi connectivity index (χ4n) is 3.47. The predicted octanol–water partition coefficient (Wildman–Crippen LogP) is 4.30. The number of benzene rings is 3. The molecule has 1 aliphatic rings. The van der Waals surface area contributed by atoms with Crippen LogP contribution in [0.3, 0.4) is 0 Å². The van der Waals surface area contributed by atoms with Crippen LogP contribution in [-0.4, -0.2) is 38.3 Å². The topological polar surface area (TPSA) is 162 Å². The molecule has 4 rings (SSSR count). The minimum Gasteiger partial charge on any atom is -0.493 e. The van der Waals surface area contributed by atoms with E-state index in [1.165, 1.54) is 61.7 Å². The van der Waals surface area contributed by atoms with Gasteiger partial charge in [0.15, 0.2) is 11.5 Å². The molecule has 0 bridgehead atoms. The lowest BCUT2D eigenvalue weighted by atomic mass is 10.1. The summed E-state index contributed by atoms with van der Waals surface area (Å²) in [6.45, 7) is 0. The van der Waals surface area contributed by atoms with Gasteiger partial charge in [-0.05, 0) is 76.7 Å². The van der Waals surface area contributed by atoms with E-state index in [1.807, 2.05) is 5.32 Å². The number of barbiturate groups is 1. The molecule has 0 aliphatic carbocycles. The molecule has 0 saturated carbocycles. The van der Waals surface area contributed by atoms with Crippen LogP contribution in [0.5, 0.6) is 11.5 Å². The number of nitrogens with one attached hydrogen (secondary N) is 1. The van der Waals surface area contributed by atoms with Crippen molar-refractivity contribution < 1.29 is 36.6 Å². The smallest absolute Gasteiger partial charge is 0.339 e. The lowest BCUT2D eigenvalue weighted by molar-refractivity contribution is -0.384. The molecule has 0 aromatic heterocycles. The number of rotatable bonds is 7. The van der Waals surface area contributed by atoms with Crippen LogP contribution in [0.15, 0.2) is 71.1 Å².